The predicted molar refractivity (Wildman–Crippen MR) is 68.9 cm³/mol. The van der Waals surface area contributed by atoms with Gasteiger partial charge in [0.2, 0.25) is 0 Å². The van der Waals surface area contributed by atoms with Crippen LogP contribution in [0.5, 0.6) is 0 Å². The molecule has 0 saturated heterocycles. The Bertz CT molecular complexity index is 97.7. The van der Waals surface area contributed by atoms with E-state index in [0.717, 1.165) is 17.8 Å². The van der Waals surface area contributed by atoms with E-state index in [-0.39, 0.29) is 17.4 Å². The van der Waals surface area contributed by atoms with Crippen LogP contribution in [0.15, 0.2) is 0 Å². The van der Waals surface area contributed by atoms with E-state index in [4.69, 9.17) is 0 Å². The van der Waals surface area contributed by atoms with E-state index in [9.17, 15) is 0 Å². The molecule has 0 bridgehead atoms. The zero-order valence-electron chi connectivity index (χ0n) is 10.2. The van der Waals surface area contributed by atoms with Gasteiger partial charge in [0.1, 0.15) is 0 Å². The van der Waals surface area contributed by atoms with Crippen LogP contribution in [0.4, 0.5) is 0 Å². The van der Waals surface area contributed by atoms with Gasteiger partial charge >= 0.3 is 88.9 Å². The third-order valence-corrected chi connectivity index (χ3v) is 5.45. The average Bonchev–Trinajstić information content (AvgIpc) is 1.80. The summed E-state index contributed by atoms with van der Waals surface area (Å²) in [7, 11) is 0. The monoisotopic (exact) mass is 259 g/mol. The van der Waals surface area contributed by atoms with Gasteiger partial charge in [-0.25, -0.2) is 0 Å². The zero-order chi connectivity index (χ0) is 10.4. The van der Waals surface area contributed by atoms with E-state index in [1.165, 1.54) is 16.2 Å². The second-order valence-corrected chi connectivity index (χ2v) is 7.73. The largest absolute Gasteiger partial charge is 0.187 e. The van der Waals surface area contributed by atoms with E-state index in [0.29, 0.717) is 13.4 Å². The molecule has 0 fully saturated rings. The molecule has 0 radical (unpaired) electrons. The summed E-state index contributed by atoms with van der Waals surface area (Å²) in [5, 5.41) is 4.36. The van der Waals surface area contributed by atoms with Crippen LogP contribution in [-0.2, 0) is 13.4 Å². The van der Waals surface area contributed by atoms with Gasteiger partial charge < -0.3 is 0 Å². The van der Waals surface area contributed by atoms with E-state index >= 15 is 0 Å². The second kappa shape index (κ2) is 9.27. The maximum absolute atomic E-state index is 2.35. The van der Waals surface area contributed by atoms with Crippen molar-refractivity contribution in [2.45, 2.75) is 57.7 Å². The molecule has 0 aliphatic rings. The van der Waals surface area contributed by atoms with E-state index in [2.05, 4.69) is 41.5 Å². The summed E-state index contributed by atoms with van der Waals surface area (Å²) in [6.45, 7) is 14.1. The van der Waals surface area contributed by atoms with Gasteiger partial charge in [0.15, 0.2) is 17.4 Å². The summed E-state index contributed by atoms with van der Waals surface area (Å²) in [4.78, 5) is 0. The molecule has 0 aromatic rings. The van der Waals surface area contributed by atoms with Crippen LogP contribution in [0.25, 0.3) is 0 Å². The van der Waals surface area contributed by atoms with E-state index < -0.39 is 0 Å². The standard InChI is InChI=1S/3C4H9.Al.Ni.3H/c3*1-4(2)3;;;;;/h3*4H,1H2,2-3H3;;;;;. The number of rotatable bonds is 6. The molecule has 0 unspecified atom stereocenters. The van der Waals surface area contributed by atoms with Crippen molar-refractivity contribution in [2.75, 3.05) is 0 Å². The summed E-state index contributed by atoms with van der Waals surface area (Å²) < 4.78 is 0. The first-order valence-corrected chi connectivity index (χ1v) is 7.45. The molecule has 0 aromatic carbocycles. The molecule has 0 aliphatic carbocycles. The van der Waals surface area contributed by atoms with Crippen molar-refractivity contribution in [3.63, 3.8) is 0 Å². The van der Waals surface area contributed by atoms with Crippen LogP contribution in [-0.4, -0.2) is 17.4 Å². The van der Waals surface area contributed by atoms with Crippen LogP contribution in [0.1, 0.15) is 41.5 Å². The van der Waals surface area contributed by atoms with Crippen molar-refractivity contribution in [3.8, 4) is 0 Å². The maximum Gasteiger partial charge on any atom is 0.187 e. The molecule has 0 nitrogen and oxygen atoms in total. The molecule has 91 valence electrons. The summed E-state index contributed by atoms with van der Waals surface area (Å²) in [5.74, 6) is 2.65. The van der Waals surface area contributed by atoms with E-state index in [1.807, 2.05) is 0 Å². The molecular formula is C12H30AlNi. The Morgan fingerprint density at radius 1 is 0.643 bits per heavy atom. The van der Waals surface area contributed by atoms with Crippen molar-refractivity contribution in [1.29, 1.82) is 0 Å². The van der Waals surface area contributed by atoms with Gasteiger partial charge in [-0.2, -0.15) is 0 Å². The van der Waals surface area contributed by atoms with Gasteiger partial charge in [-0.05, 0) is 0 Å². The van der Waals surface area contributed by atoms with Gasteiger partial charge in [0.05, 0.1) is 0 Å². The van der Waals surface area contributed by atoms with Gasteiger partial charge in [0, 0.05) is 0 Å². The quantitative estimate of drug-likeness (QED) is 0.639. The summed E-state index contributed by atoms with van der Waals surface area (Å²) in [6.07, 6.45) is 0. The zero-order valence-corrected chi connectivity index (χ0v) is 11.2. The van der Waals surface area contributed by atoms with Gasteiger partial charge in [-0.3, -0.25) is 0 Å². The number of hydrogen-bond acceptors (Lipinski definition) is 0. The van der Waals surface area contributed by atoms with Crippen LogP contribution in [0.2, 0.25) is 16.2 Å². The molecule has 2 heteroatoms. The van der Waals surface area contributed by atoms with Crippen molar-refractivity contribution >= 4 is 17.4 Å². The van der Waals surface area contributed by atoms with Crippen LogP contribution in [0.3, 0.4) is 0 Å². The van der Waals surface area contributed by atoms with Crippen molar-refractivity contribution < 1.29 is 13.4 Å². The molecule has 0 amide bonds. The van der Waals surface area contributed by atoms with Crippen LogP contribution >= 0.6 is 0 Å². The van der Waals surface area contributed by atoms with Crippen LogP contribution in [0, 0.1) is 17.8 Å². The smallest absolute Gasteiger partial charge is 0.187 e. The molecule has 0 aliphatic heterocycles. The minimum Gasteiger partial charge on any atom is 0.187 e. The fourth-order valence-corrected chi connectivity index (χ4v) is 5.17. The first-order valence-electron chi connectivity index (χ1n) is 5.36. The van der Waals surface area contributed by atoms with Gasteiger partial charge in [-0.15, -0.1) is 0 Å². The minimum absolute atomic E-state index is 0. The Morgan fingerprint density at radius 2 is 0.857 bits per heavy atom. The fourth-order valence-electron chi connectivity index (χ4n) is 1.25. The summed E-state index contributed by atoms with van der Waals surface area (Å²) in [5.41, 5.74) is 0. The van der Waals surface area contributed by atoms with Crippen molar-refractivity contribution in [1.82, 2.24) is 0 Å². The Kier molecular flexibility index (Phi) is 11.5. The Morgan fingerprint density at radius 3 is 1.00 bits per heavy atom. The molecule has 0 N–H and O–H groups in total. The minimum atomic E-state index is 0. The molecule has 14 heavy (non-hydrogen) atoms. The SMILES string of the molecule is CC(C)[CH2][Ni]([CH2]C(C)C)[CH2]C(C)C.[AlH3]. The molecule has 0 aromatic heterocycles. The molecule has 0 rings (SSSR count). The molecule has 0 saturated carbocycles. The molecule has 0 heterocycles. The predicted octanol–water partition coefficient (Wildman–Crippen LogP) is 3.64. The Labute approximate surface area is 106 Å². The first-order chi connectivity index (χ1) is 5.91. The third-order valence-electron chi connectivity index (χ3n) is 1.32. The first kappa shape index (κ1) is 17.4. The topological polar surface area (TPSA) is 0 Å². The Hall–Kier alpha value is 1.03. The van der Waals surface area contributed by atoms with Gasteiger partial charge in [0.25, 0.3) is 0 Å². The van der Waals surface area contributed by atoms with Gasteiger partial charge in [-0.1, -0.05) is 0 Å². The van der Waals surface area contributed by atoms with Crippen molar-refractivity contribution in [2.24, 2.45) is 17.8 Å². The number of hydrogen-bond donors (Lipinski definition) is 0. The molecular weight excluding hydrogens is 230 g/mol. The molecule has 0 atom stereocenters. The second-order valence-electron chi connectivity index (χ2n) is 5.04. The van der Waals surface area contributed by atoms with E-state index in [1.54, 1.807) is 0 Å². The maximum atomic E-state index is 2.35. The van der Waals surface area contributed by atoms with Crippen molar-refractivity contribution in [3.05, 3.63) is 0 Å². The Balaban J connectivity index is 0. The average molecular weight is 260 g/mol. The summed E-state index contributed by atoms with van der Waals surface area (Å²) in [6, 6.07) is 0. The summed E-state index contributed by atoms with van der Waals surface area (Å²) >= 11 is 0.549. The van der Waals surface area contributed by atoms with Crippen LogP contribution < -0.4 is 0 Å². The third kappa shape index (κ3) is 11.1. The fraction of sp³-hybridized carbons (Fsp3) is 1.00. The normalized spacial score (nSPS) is 12.2. The molecule has 0 spiro atoms.